The SMILES string of the molecule is O=C(Nc1cn(CC(=O)N2CCC(CN3CCC(F)(F)CC3)C(c3ccccc3)C2)nc1-c1cc(Cl)ccc1OC(F)F)c1cnn2cccnc12. The predicted octanol–water partition coefficient (Wildman–Crippen LogP) is 6.46. The molecule has 1 N–H and O–H groups in total. The molecule has 11 nitrogen and oxygen atoms in total. The van der Waals surface area contributed by atoms with Gasteiger partial charge in [-0.1, -0.05) is 41.9 Å². The number of carbonyl (C=O) groups excluding carboxylic acids is 2. The molecule has 272 valence electrons. The number of halogens is 5. The number of ether oxygens (including phenoxy) is 1. The van der Waals surface area contributed by atoms with Crippen LogP contribution in [0.3, 0.4) is 0 Å². The van der Waals surface area contributed by atoms with E-state index in [0.29, 0.717) is 44.8 Å². The van der Waals surface area contributed by atoms with Crippen LogP contribution in [0.2, 0.25) is 5.02 Å². The first kappa shape index (κ1) is 35.4. The number of rotatable bonds is 10. The van der Waals surface area contributed by atoms with Crippen molar-refractivity contribution in [1.29, 1.82) is 0 Å². The predicted molar refractivity (Wildman–Crippen MR) is 185 cm³/mol. The van der Waals surface area contributed by atoms with Crippen LogP contribution in [0, 0.1) is 5.92 Å². The summed E-state index contributed by atoms with van der Waals surface area (Å²) < 4.78 is 62.1. The maximum absolute atomic E-state index is 13.9. The van der Waals surface area contributed by atoms with Crippen LogP contribution in [0.25, 0.3) is 16.9 Å². The monoisotopic (exact) mass is 738 g/mol. The van der Waals surface area contributed by atoms with E-state index in [0.717, 1.165) is 5.56 Å². The number of hydrogen-bond donors (Lipinski definition) is 1. The van der Waals surface area contributed by atoms with Gasteiger partial charge in [-0.2, -0.15) is 19.0 Å². The molecule has 2 aliphatic rings. The Balaban J connectivity index is 1.14. The van der Waals surface area contributed by atoms with Crippen LogP contribution in [0.4, 0.5) is 23.2 Å². The second-order valence-corrected chi connectivity index (χ2v) is 13.5. The Morgan fingerprint density at radius 1 is 1.06 bits per heavy atom. The lowest BCUT2D eigenvalue weighted by molar-refractivity contribution is -0.134. The standard InChI is InChI=1S/C36H35ClF4N8O3/c37-25-7-8-30(52-35(38)39)26(17-25)32-29(44-34(51)27-18-43-49-13-4-12-42-33(27)49)21-48(45-32)22-31(50)47-14-9-24(19-46-15-10-36(40,41)11-16-46)28(20-47)23-5-2-1-3-6-23/h1-8,12-13,17-18,21,24,28,35H,9-11,14-16,19-20,22H2,(H,44,51). The normalized spacial score (nSPS) is 19.2. The maximum Gasteiger partial charge on any atom is 0.387 e. The van der Waals surface area contributed by atoms with Gasteiger partial charge in [0.05, 0.1) is 11.9 Å². The van der Waals surface area contributed by atoms with E-state index >= 15 is 0 Å². The van der Waals surface area contributed by atoms with Gasteiger partial charge in [0.15, 0.2) is 5.65 Å². The van der Waals surface area contributed by atoms with Crippen LogP contribution in [-0.4, -0.2) is 91.3 Å². The highest BCUT2D eigenvalue weighted by Crippen LogP contribution is 2.38. The number of aromatic nitrogens is 5. The fourth-order valence-corrected chi connectivity index (χ4v) is 7.18. The van der Waals surface area contributed by atoms with E-state index in [1.165, 1.54) is 46.0 Å². The minimum absolute atomic E-state index is 0.0238. The Morgan fingerprint density at radius 3 is 2.62 bits per heavy atom. The Kier molecular flexibility index (Phi) is 10.1. The largest absolute Gasteiger partial charge is 0.434 e. The van der Waals surface area contributed by atoms with Gasteiger partial charge in [-0.3, -0.25) is 14.3 Å². The highest BCUT2D eigenvalue weighted by atomic mass is 35.5. The number of hydrogen-bond acceptors (Lipinski definition) is 7. The van der Waals surface area contributed by atoms with Gasteiger partial charge in [-0.25, -0.2) is 18.3 Å². The Bertz CT molecular complexity index is 2050. The number of nitrogens with one attached hydrogen (secondary N) is 1. The summed E-state index contributed by atoms with van der Waals surface area (Å²) in [7, 11) is 0. The number of alkyl halides is 4. The third kappa shape index (κ3) is 7.89. The van der Waals surface area contributed by atoms with E-state index in [-0.39, 0.29) is 70.4 Å². The molecule has 0 spiro atoms. The lowest BCUT2D eigenvalue weighted by Gasteiger charge is -2.42. The zero-order valence-corrected chi connectivity index (χ0v) is 28.6. The summed E-state index contributed by atoms with van der Waals surface area (Å²) in [5, 5.41) is 11.7. The first-order valence-corrected chi connectivity index (χ1v) is 17.3. The Labute approximate surface area is 301 Å². The molecule has 0 bridgehead atoms. The number of nitrogens with zero attached hydrogens (tertiary/aromatic N) is 7. The van der Waals surface area contributed by atoms with Gasteiger partial charge >= 0.3 is 6.61 Å². The van der Waals surface area contributed by atoms with Crippen molar-refractivity contribution in [2.24, 2.45) is 5.92 Å². The highest BCUT2D eigenvalue weighted by molar-refractivity contribution is 6.31. The van der Waals surface area contributed by atoms with Crippen molar-refractivity contribution in [2.45, 2.75) is 44.3 Å². The van der Waals surface area contributed by atoms with Crippen molar-refractivity contribution < 1.29 is 31.9 Å². The average molecular weight is 739 g/mol. The fourth-order valence-electron chi connectivity index (χ4n) is 7.01. The average Bonchev–Trinajstić information content (AvgIpc) is 3.74. The van der Waals surface area contributed by atoms with Crippen LogP contribution in [-0.2, 0) is 11.3 Å². The summed E-state index contributed by atoms with van der Waals surface area (Å²) in [6.45, 7) is -1.18. The van der Waals surface area contributed by atoms with Gasteiger partial charge in [0.1, 0.15) is 23.6 Å². The lowest BCUT2D eigenvalue weighted by Crippen LogP contribution is -2.48. The summed E-state index contributed by atoms with van der Waals surface area (Å²) in [6, 6.07) is 15.6. The number of likely N-dealkylation sites (tertiary alicyclic amines) is 2. The molecule has 7 rings (SSSR count). The van der Waals surface area contributed by atoms with Crippen LogP contribution in [0.15, 0.2) is 79.4 Å². The van der Waals surface area contributed by atoms with Crippen LogP contribution >= 0.6 is 11.6 Å². The lowest BCUT2D eigenvalue weighted by atomic mass is 9.80. The minimum atomic E-state index is -3.15. The molecule has 2 aromatic carbocycles. The number of carbonyl (C=O) groups is 2. The van der Waals surface area contributed by atoms with Crippen molar-refractivity contribution in [3.05, 3.63) is 95.5 Å². The number of amides is 2. The molecule has 2 amide bonds. The summed E-state index contributed by atoms with van der Waals surface area (Å²) >= 11 is 6.27. The van der Waals surface area contributed by atoms with Gasteiger partial charge in [0.25, 0.3) is 11.8 Å². The van der Waals surface area contributed by atoms with E-state index in [1.54, 1.807) is 17.2 Å². The Hall–Kier alpha value is -5.02. The molecule has 5 heterocycles. The molecule has 0 saturated carbocycles. The maximum atomic E-state index is 13.9. The number of anilines is 1. The van der Waals surface area contributed by atoms with Crippen LogP contribution in [0.1, 0.15) is 41.1 Å². The quantitative estimate of drug-likeness (QED) is 0.164. The molecule has 2 fully saturated rings. The number of piperidine rings is 2. The van der Waals surface area contributed by atoms with Crippen molar-refractivity contribution >= 4 is 34.7 Å². The van der Waals surface area contributed by atoms with Crippen LogP contribution < -0.4 is 10.1 Å². The molecule has 3 aromatic heterocycles. The van der Waals surface area contributed by atoms with Crippen molar-refractivity contribution in [3.8, 4) is 17.0 Å². The van der Waals surface area contributed by atoms with Crippen molar-refractivity contribution in [3.63, 3.8) is 0 Å². The molecule has 2 aliphatic heterocycles. The summed E-state index contributed by atoms with van der Waals surface area (Å²) in [6.07, 6.45) is 6.31. The molecule has 16 heteroatoms. The fraction of sp³-hybridized carbons (Fsp3) is 0.361. The summed E-state index contributed by atoms with van der Waals surface area (Å²) in [5.41, 5.74) is 1.75. The van der Waals surface area contributed by atoms with E-state index in [9.17, 15) is 27.2 Å². The topological polar surface area (TPSA) is 110 Å². The molecule has 52 heavy (non-hydrogen) atoms. The second kappa shape index (κ2) is 14.9. The van der Waals surface area contributed by atoms with Crippen molar-refractivity contribution in [1.82, 2.24) is 34.2 Å². The summed E-state index contributed by atoms with van der Waals surface area (Å²) in [4.78, 5) is 35.5. The highest BCUT2D eigenvalue weighted by Gasteiger charge is 2.38. The van der Waals surface area contributed by atoms with E-state index in [2.05, 4.69) is 25.4 Å². The molecular formula is C36H35ClF4N8O3. The van der Waals surface area contributed by atoms with Gasteiger partial charge in [-0.05, 0) is 42.2 Å². The van der Waals surface area contributed by atoms with E-state index < -0.39 is 18.4 Å². The molecular weight excluding hydrogens is 704 g/mol. The molecule has 0 aliphatic carbocycles. The first-order chi connectivity index (χ1) is 25.0. The van der Waals surface area contributed by atoms with Crippen molar-refractivity contribution in [2.75, 3.05) is 38.0 Å². The van der Waals surface area contributed by atoms with Gasteiger partial charge in [-0.15, -0.1) is 0 Å². The Morgan fingerprint density at radius 2 is 1.85 bits per heavy atom. The number of benzene rings is 2. The number of fused-ring (bicyclic) bond motifs is 1. The molecule has 5 aromatic rings. The molecule has 2 unspecified atom stereocenters. The third-order valence-electron chi connectivity index (χ3n) is 9.66. The van der Waals surface area contributed by atoms with Gasteiger partial charge in [0, 0.05) is 80.7 Å². The zero-order chi connectivity index (χ0) is 36.4. The molecule has 0 radical (unpaired) electrons. The van der Waals surface area contributed by atoms with E-state index in [1.807, 2.05) is 30.3 Å². The molecule has 2 saturated heterocycles. The third-order valence-corrected chi connectivity index (χ3v) is 9.90. The second-order valence-electron chi connectivity index (χ2n) is 13.1. The summed E-state index contributed by atoms with van der Waals surface area (Å²) in [5.74, 6) is -3.56. The minimum Gasteiger partial charge on any atom is -0.434 e. The van der Waals surface area contributed by atoms with Crippen LogP contribution in [0.5, 0.6) is 5.75 Å². The van der Waals surface area contributed by atoms with Gasteiger partial charge in [0.2, 0.25) is 5.91 Å². The van der Waals surface area contributed by atoms with E-state index in [4.69, 9.17) is 16.3 Å². The first-order valence-electron chi connectivity index (χ1n) is 16.9. The smallest absolute Gasteiger partial charge is 0.387 e. The zero-order valence-electron chi connectivity index (χ0n) is 27.8. The molecule has 2 atom stereocenters. The van der Waals surface area contributed by atoms with Gasteiger partial charge < -0.3 is 19.9 Å².